The van der Waals surface area contributed by atoms with E-state index in [4.69, 9.17) is 5.73 Å². The normalized spacial score (nSPS) is 23.9. The Morgan fingerprint density at radius 1 is 1.33 bits per heavy atom. The Bertz CT molecular complexity index is 549. The molecule has 0 radical (unpaired) electrons. The van der Waals surface area contributed by atoms with E-state index < -0.39 is 0 Å². The standard InChI is InChI=1S/C15H16BrNS/c1-9-7-13(16)15(18-9)14(17)12-8-11(12)10-5-3-2-4-6-10/h2-7,11-12,14H,8,17H2,1H3. The molecule has 18 heavy (non-hydrogen) atoms. The third kappa shape index (κ3) is 2.27. The molecule has 1 saturated carbocycles. The third-order valence-electron chi connectivity index (χ3n) is 3.67. The second-order valence-corrected chi connectivity index (χ2v) is 7.15. The van der Waals surface area contributed by atoms with Crippen molar-refractivity contribution in [3.8, 4) is 0 Å². The van der Waals surface area contributed by atoms with Gasteiger partial charge >= 0.3 is 0 Å². The van der Waals surface area contributed by atoms with Gasteiger partial charge in [-0.1, -0.05) is 30.3 Å². The quantitative estimate of drug-likeness (QED) is 0.876. The Labute approximate surface area is 120 Å². The maximum Gasteiger partial charge on any atom is 0.0436 e. The summed E-state index contributed by atoms with van der Waals surface area (Å²) in [6, 6.07) is 13.1. The van der Waals surface area contributed by atoms with Crippen LogP contribution in [-0.2, 0) is 0 Å². The molecule has 3 unspecified atom stereocenters. The van der Waals surface area contributed by atoms with Crippen LogP contribution in [0.1, 0.15) is 33.7 Å². The van der Waals surface area contributed by atoms with Crippen LogP contribution in [-0.4, -0.2) is 0 Å². The highest BCUT2D eigenvalue weighted by atomic mass is 79.9. The van der Waals surface area contributed by atoms with Crippen molar-refractivity contribution in [3.05, 3.63) is 56.2 Å². The molecule has 3 atom stereocenters. The molecule has 0 bridgehead atoms. The average Bonchev–Trinajstić information content (AvgIpc) is 3.10. The zero-order chi connectivity index (χ0) is 12.7. The summed E-state index contributed by atoms with van der Waals surface area (Å²) in [6.45, 7) is 2.13. The lowest BCUT2D eigenvalue weighted by Gasteiger charge is -2.10. The fourth-order valence-corrected chi connectivity index (χ4v) is 4.61. The first-order valence-electron chi connectivity index (χ1n) is 6.23. The van der Waals surface area contributed by atoms with Gasteiger partial charge in [-0.3, -0.25) is 0 Å². The molecule has 1 aromatic carbocycles. The lowest BCUT2D eigenvalue weighted by atomic mass is 10.1. The molecule has 1 aliphatic carbocycles. The highest BCUT2D eigenvalue weighted by molar-refractivity contribution is 9.10. The first kappa shape index (κ1) is 12.4. The van der Waals surface area contributed by atoms with Crippen molar-refractivity contribution in [2.24, 2.45) is 11.7 Å². The molecule has 1 heterocycles. The summed E-state index contributed by atoms with van der Waals surface area (Å²) in [7, 11) is 0. The van der Waals surface area contributed by atoms with Crippen LogP contribution < -0.4 is 5.73 Å². The molecule has 1 nitrogen and oxygen atoms in total. The Kier molecular flexibility index (Phi) is 3.31. The number of hydrogen-bond acceptors (Lipinski definition) is 2. The van der Waals surface area contributed by atoms with Gasteiger partial charge < -0.3 is 5.73 Å². The van der Waals surface area contributed by atoms with E-state index in [1.165, 1.54) is 26.2 Å². The van der Waals surface area contributed by atoms with Crippen molar-refractivity contribution in [1.82, 2.24) is 0 Å². The third-order valence-corrected chi connectivity index (χ3v) is 5.74. The molecule has 3 heteroatoms. The second kappa shape index (κ2) is 4.80. The van der Waals surface area contributed by atoms with Crippen molar-refractivity contribution in [2.75, 3.05) is 0 Å². The van der Waals surface area contributed by atoms with Crippen LogP contribution in [0, 0.1) is 12.8 Å². The van der Waals surface area contributed by atoms with E-state index >= 15 is 0 Å². The summed E-state index contributed by atoms with van der Waals surface area (Å²) in [5, 5.41) is 0. The lowest BCUT2D eigenvalue weighted by molar-refractivity contribution is 0.624. The van der Waals surface area contributed by atoms with E-state index in [1.807, 2.05) is 11.3 Å². The van der Waals surface area contributed by atoms with Crippen molar-refractivity contribution in [2.45, 2.75) is 25.3 Å². The van der Waals surface area contributed by atoms with Crippen molar-refractivity contribution in [1.29, 1.82) is 0 Å². The van der Waals surface area contributed by atoms with Crippen LogP contribution in [0.15, 0.2) is 40.9 Å². The summed E-state index contributed by atoms with van der Waals surface area (Å²) in [5.74, 6) is 1.25. The molecular weight excluding hydrogens is 306 g/mol. The van der Waals surface area contributed by atoms with Crippen LogP contribution in [0.3, 0.4) is 0 Å². The number of aryl methyl sites for hydroxylation is 1. The van der Waals surface area contributed by atoms with Crippen molar-refractivity contribution >= 4 is 27.3 Å². The SMILES string of the molecule is Cc1cc(Br)c(C(N)C2CC2c2ccccc2)s1. The van der Waals surface area contributed by atoms with Crippen molar-refractivity contribution < 1.29 is 0 Å². The molecule has 0 amide bonds. The largest absolute Gasteiger partial charge is 0.323 e. The lowest BCUT2D eigenvalue weighted by Crippen LogP contribution is -2.12. The maximum atomic E-state index is 6.42. The van der Waals surface area contributed by atoms with Crippen LogP contribution in [0.5, 0.6) is 0 Å². The zero-order valence-corrected chi connectivity index (χ0v) is 12.7. The Morgan fingerprint density at radius 3 is 2.67 bits per heavy atom. The Morgan fingerprint density at radius 2 is 2.06 bits per heavy atom. The topological polar surface area (TPSA) is 26.0 Å². The summed E-state index contributed by atoms with van der Waals surface area (Å²) in [4.78, 5) is 2.63. The zero-order valence-electron chi connectivity index (χ0n) is 10.3. The first-order valence-corrected chi connectivity index (χ1v) is 7.84. The van der Waals surface area contributed by atoms with Gasteiger partial charge in [0.1, 0.15) is 0 Å². The van der Waals surface area contributed by atoms with Crippen LogP contribution >= 0.6 is 27.3 Å². The molecule has 0 saturated heterocycles. The van der Waals surface area contributed by atoms with Gasteiger partial charge in [-0.05, 0) is 52.7 Å². The number of thiophene rings is 1. The molecule has 3 rings (SSSR count). The highest BCUT2D eigenvalue weighted by Gasteiger charge is 2.43. The van der Waals surface area contributed by atoms with E-state index in [-0.39, 0.29) is 6.04 Å². The number of rotatable bonds is 3. The minimum absolute atomic E-state index is 0.170. The van der Waals surface area contributed by atoms with Gasteiger partial charge in [0.2, 0.25) is 0 Å². The van der Waals surface area contributed by atoms with E-state index in [1.54, 1.807) is 0 Å². The second-order valence-electron chi connectivity index (χ2n) is 5.01. The van der Waals surface area contributed by atoms with Gasteiger partial charge in [0, 0.05) is 20.3 Å². The maximum absolute atomic E-state index is 6.42. The molecular formula is C15H16BrNS. The summed E-state index contributed by atoms with van der Waals surface area (Å²) in [6.07, 6.45) is 1.22. The number of benzene rings is 1. The Hall–Kier alpha value is -0.640. The number of hydrogen-bond donors (Lipinski definition) is 1. The average molecular weight is 322 g/mol. The van der Waals surface area contributed by atoms with Gasteiger partial charge in [-0.2, -0.15) is 0 Å². The molecule has 1 aliphatic rings. The van der Waals surface area contributed by atoms with Gasteiger partial charge in [-0.25, -0.2) is 0 Å². The molecule has 0 spiro atoms. The minimum Gasteiger partial charge on any atom is -0.323 e. The fourth-order valence-electron chi connectivity index (χ4n) is 2.62. The fraction of sp³-hybridized carbons (Fsp3) is 0.333. The number of nitrogens with two attached hydrogens (primary N) is 1. The summed E-state index contributed by atoms with van der Waals surface area (Å²) >= 11 is 5.44. The van der Waals surface area contributed by atoms with E-state index in [2.05, 4.69) is 59.3 Å². The van der Waals surface area contributed by atoms with Crippen LogP contribution in [0.4, 0.5) is 0 Å². The molecule has 2 N–H and O–H groups in total. The van der Waals surface area contributed by atoms with Gasteiger partial charge in [0.15, 0.2) is 0 Å². The molecule has 0 aliphatic heterocycles. The van der Waals surface area contributed by atoms with E-state index in [0.717, 1.165) is 0 Å². The molecule has 1 fully saturated rings. The van der Waals surface area contributed by atoms with E-state index in [0.29, 0.717) is 11.8 Å². The van der Waals surface area contributed by atoms with Gasteiger partial charge in [0.05, 0.1) is 0 Å². The Balaban J connectivity index is 1.77. The molecule has 2 aromatic rings. The number of halogens is 1. The monoisotopic (exact) mass is 321 g/mol. The van der Waals surface area contributed by atoms with Crippen molar-refractivity contribution in [3.63, 3.8) is 0 Å². The first-order chi connectivity index (χ1) is 8.66. The smallest absolute Gasteiger partial charge is 0.0436 e. The predicted octanol–water partition coefficient (Wildman–Crippen LogP) is 4.62. The van der Waals surface area contributed by atoms with Gasteiger partial charge in [-0.15, -0.1) is 11.3 Å². The highest BCUT2D eigenvalue weighted by Crippen LogP contribution is 2.54. The molecule has 94 valence electrons. The summed E-state index contributed by atoms with van der Waals surface area (Å²) < 4.78 is 1.18. The summed E-state index contributed by atoms with van der Waals surface area (Å²) in [5.41, 5.74) is 7.86. The van der Waals surface area contributed by atoms with Crippen LogP contribution in [0.2, 0.25) is 0 Å². The van der Waals surface area contributed by atoms with Crippen LogP contribution in [0.25, 0.3) is 0 Å². The van der Waals surface area contributed by atoms with E-state index in [9.17, 15) is 0 Å². The molecule has 1 aromatic heterocycles. The van der Waals surface area contributed by atoms with Gasteiger partial charge in [0.25, 0.3) is 0 Å². The minimum atomic E-state index is 0.170. The predicted molar refractivity (Wildman–Crippen MR) is 81.0 cm³/mol.